The van der Waals surface area contributed by atoms with Crippen molar-refractivity contribution < 1.29 is 18.3 Å². The molecule has 0 aromatic carbocycles. The monoisotopic (exact) mass is 290 g/mol. The Labute approximate surface area is 124 Å². The highest BCUT2D eigenvalue weighted by Gasteiger charge is 2.61. The summed E-state index contributed by atoms with van der Waals surface area (Å²) in [6.45, 7) is 5.32. The second-order valence-electron chi connectivity index (χ2n) is 5.93. The number of furan rings is 1. The molecule has 3 nitrogen and oxygen atoms in total. The molecule has 0 amide bonds. The van der Waals surface area contributed by atoms with Gasteiger partial charge in [-0.1, -0.05) is 19.8 Å². The highest BCUT2D eigenvalue weighted by molar-refractivity contribution is 5.78. The fourth-order valence-electron chi connectivity index (χ4n) is 2.61. The highest BCUT2D eigenvalue weighted by Crippen LogP contribution is 2.59. The summed E-state index contributed by atoms with van der Waals surface area (Å²) >= 11 is 0. The van der Waals surface area contributed by atoms with E-state index >= 15 is 0 Å². The van der Waals surface area contributed by atoms with Gasteiger partial charge in [-0.15, -0.1) is 6.42 Å². The molecule has 0 N–H and O–H groups in total. The second kappa shape index (κ2) is 5.77. The number of carbonyl (C=O) groups excluding carboxylic acids is 1. The molecule has 1 unspecified atom stereocenters. The summed E-state index contributed by atoms with van der Waals surface area (Å²) in [4.78, 5) is 12.1. The van der Waals surface area contributed by atoms with E-state index < -0.39 is 0 Å². The van der Waals surface area contributed by atoms with Gasteiger partial charge in [0.2, 0.25) is 0 Å². The van der Waals surface area contributed by atoms with Gasteiger partial charge in [0.15, 0.2) is 0 Å². The number of ether oxygens (including phenoxy) is 1. The maximum atomic E-state index is 13.0. The van der Waals surface area contributed by atoms with Crippen molar-refractivity contribution in [3.05, 3.63) is 35.6 Å². The van der Waals surface area contributed by atoms with Crippen LogP contribution in [0.15, 0.2) is 28.5 Å². The molecule has 0 spiro atoms. The minimum Gasteiger partial charge on any atom is -0.461 e. The molecule has 0 saturated heterocycles. The summed E-state index contributed by atoms with van der Waals surface area (Å²) in [6, 6.07) is 3.50. The number of esters is 1. The quantitative estimate of drug-likeness (QED) is 0.614. The lowest BCUT2D eigenvalue weighted by atomic mass is 10.1. The van der Waals surface area contributed by atoms with Crippen LogP contribution >= 0.6 is 0 Å². The van der Waals surface area contributed by atoms with Crippen molar-refractivity contribution in [3.63, 3.8) is 0 Å². The molecule has 1 aromatic heterocycles. The molecule has 1 saturated carbocycles. The van der Waals surface area contributed by atoms with Crippen molar-refractivity contribution >= 4 is 5.97 Å². The van der Waals surface area contributed by atoms with Gasteiger partial charge in [-0.05, 0) is 36.5 Å². The fraction of sp³-hybridized carbons (Fsp3) is 0.471. The van der Waals surface area contributed by atoms with Gasteiger partial charge in [0, 0.05) is 0 Å². The van der Waals surface area contributed by atoms with Crippen molar-refractivity contribution in [2.24, 2.45) is 17.3 Å². The van der Waals surface area contributed by atoms with Crippen LogP contribution in [0.5, 0.6) is 0 Å². The summed E-state index contributed by atoms with van der Waals surface area (Å²) in [6.07, 6.45) is 7.09. The number of terminal acetylenes is 1. The smallest absolute Gasteiger partial charge is 0.310 e. The van der Waals surface area contributed by atoms with Crippen LogP contribution in [0.1, 0.15) is 32.3 Å². The lowest BCUT2D eigenvalue weighted by Gasteiger charge is -2.03. The van der Waals surface area contributed by atoms with E-state index in [2.05, 4.69) is 5.92 Å². The van der Waals surface area contributed by atoms with Crippen LogP contribution in [0.4, 0.5) is 4.39 Å². The van der Waals surface area contributed by atoms with Gasteiger partial charge in [-0.2, -0.15) is 0 Å². The van der Waals surface area contributed by atoms with Gasteiger partial charge in [0.05, 0.1) is 18.2 Å². The average molecular weight is 290 g/mol. The van der Waals surface area contributed by atoms with E-state index in [1.165, 1.54) is 13.0 Å². The van der Waals surface area contributed by atoms with Crippen molar-refractivity contribution in [3.8, 4) is 12.3 Å². The zero-order chi connectivity index (χ0) is 15.6. The topological polar surface area (TPSA) is 39.4 Å². The molecule has 1 aromatic rings. The number of hydrogen-bond donors (Lipinski definition) is 0. The SMILES string of the molecule is C#CCc1ccc(COC(=O)[C@@H]2C(C=C(C)F)C2(C)C)o1. The van der Waals surface area contributed by atoms with Crippen LogP contribution in [0.2, 0.25) is 0 Å². The van der Waals surface area contributed by atoms with E-state index in [1.54, 1.807) is 12.1 Å². The summed E-state index contributed by atoms with van der Waals surface area (Å²) in [5.41, 5.74) is -0.262. The van der Waals surface area contributed by atoms with Crippen LogP contribution < -0.4 is 0 Å². The van der Waals surface area contributed by atoms with E-state index in [0.29, 0.717) is 17.9 Å². The van der Waals surface area contributed by atoms with Crippen LogP contribution in [0.25, 0.3) is 0 Å². The summed E-state index contributed by atoms with van der Waals surface area (Å²) in [5, 5.41) is 0. The number of halogens is 1. The van der Waals surface area contributed by atoms with Gasteiger partial charge < -0.3 is 9.15 Å². The number of carbonyl (C=O) groups is 1. The van der Waals surface area contributed by atoms with Crippen molar-refractivity contribution in [2.45, 2.75) is 33.8 Å². The molecule has 1 heterocycles. The Bertz CT molecular complexity index is 600. The van der Waals surface area contributed by atoms with Gasteiger partial charge in [0.25, 0.3) is 0 Å². The van der Waals surface area contributed by atoms with E-state index in [1.807, 2.05) is 13.8 Å². The van der Waals surface area contributed by atoms with Crippen molar-refractivity contribution in [2.75, 3.05) is 0 Å². The van der Waals surface area contributed by atoms with Gasteiger partial charge in [-0.3, -0.25) is 4.79 Å². The summed E-state index contributed by atoms with van der Waals surface area (Å²) < 4.78 is 23.7. The average Bonchev–Trinajstić information content (AvgIpc) is 2.75. The second-order valence-corrected chi connectivity index (χ2v) is 5.93. The molecule has 2 rings (SSSR count). The normalized spacial score (nSPS) is 23.5. The molecular formula is C17H19FO3. The largest absolute Gasteiger partial charge is 0.461 e. The van der Waals surface area contributed by atoms with E-state index in [0.717, 1.165) is 0 Å². The molecule has 112 valence electrons. The van der Waals surface area contributed by atoms with Crippen molar-refractivity contribution in [1.29, 1.82) is 0 Å². The molecular weight excluding hydrogens is 271 g/mol. The van der Waals surface area contributed by atoms with Crippen LogP contribution in [0.3, 0.4) is 0 Å². The van der Waals surface area contributed by atoms with Crippen molar-refractivity contribution in [1.82, 2.24) is 0 Å². The molecule has 0 radical (unpaired) electrons. The Kier molecular flexibility index (Phi) is 4.22. The molecule has 0 aliphatic heterocycles. The molecule has 2 atom stereocenters. The Hall–Kier alpha value is -2.02. The molecule has 21 heavy (non-hydrogen) atoms. The lowest BCUT2D eigenvalue weighted by molar-refractivity contribution is -0.148. The molecule has 1 aliphatic rings. The van der Waals surface area contributed by atoms with Crippen LogP contribution in [-0.4, -0.2) is 5.97 Å². The third kappa shape index (κ3) is 3.36. The fourth-order valence-corrected chi connectivity index (χ4v) is 2.61. The first-order valence-corrected chi connectivity index (χ1v) is 6.88. The minimum atomic E-state index is -0.322. The first-order chi connectivity index (χ1) is 9.86. The number of allylic oxidation sites excluding steroid dienone is 2. The molecule has 1 aliphatic carbocycles. The summed E-state index contributed by atoms with van der Waals surface area (Å²) in [7, 11) is 0. The predicted octanol–water partition coefficient (Wildman–Crippen LogP) is 3.64. The van der Waals surface area contributed by atoms with Crippen LogP contribution in [0, 0.1) is 29.6 Å². The standard InChI is InChI=1S/C17H19FO3/c1-5-6-12-7-8-13(21-12)10-20-16(19)15-14(9-11(2)18)17(15,3)4/h1,7-9,14-15H,6,10H2,2-4H3/t14?,15-/m0/s1. The van der Waals surface area contributed by atoms with E-state index in [9.17, 15) is 9.18 Å². The first-order valence-electron chi connectivity index (χ1n) is 6.88. The van der Waals surface area contributed by atoms with E-state index in [-0.39, 0.29) is 35.7 Å². The Morgan fingerprint density at radius 3 is 2.81 bits per heavy atom. The molecule has 4 heteroatoms. The Morgan fingerprint density at radius 1 is 1.52 bits per heavy atom. The summed E-state index contributed by atoms with van der Waals surface area (Å²) in [5.74, 6) is 2.71. The molecule has 0 bridgehead atoms. The lowest BCUT2D eigenvalue weighted by Crippen LogP contribution is -2.10. The van der Waals surface area contributed by atoms with Gasteiger partial charge in [-0.25, -0.2) is 4.39 Å². The van der Waals surface area contributed by atoms with Gasteiger partial charge in [0.1, 0.15) is 18.1 Å². The van der Waals surface area contributed by atoms with Crippen LogP contribution in [-0.2, 0) is 22.6 Å². The highest BCUT2D eigenvalue weighted by atomic mass is 19.1. The first kappa shape index (κ1) is 15.4. The molecule has 1 fully saturated rings. The third-order valence-corrected chi connectivity index (χ3v) is 3.92. The maximum absolute atomic E-state index is 13.0. The zero-order valence-electron chi connectivity index (χ0n) is 12.5. The van der Waals surface area contributed by atoms with Gasteiger partial charge >= 0.3 is 5.97 Å². The maximum Gasteiger partial charge on any atom is 0.310 e. The third-order valence-electron chi connectivity index (χ3n) is 3.92. The van der Waals surface area contributed by atoms with E-state index in [4.69, 9.17) is 15.6 Å². The Morgan fingerprint density at radius 2 is 2.19 bits per heavy atom. The predicted molar refractivity (Wildman–Crippen MR) is 76.7 cm³/mol. The Balaban J connectivity index is 1.91. The number of hydrogen-bond acceptors (Lipinski definition) is 3. The number of rotatable bonds is 5. The zero-order valence-corrected chi connectivity index (χ0v) is 12.5. The minimum absolute atomic E-state index is 0.0705.